The third kappa shape index (κ3) is 5.51. The average molecular weight is 399 g/mol. The SMILES string of the molecule is C[Si](C)(C)CCOCn1c(COCc2ccccc2)nc2c(CO)cccc21. The number of rotatable bonds is 10. The molecule has 0 aliphatic rings. The fourth-order valence-corrected chi connectivity index (χ4v) is 3.76. The number of aliphatic hydroxyl groups is 1. The van der Waals surface area contributed by atoms with Gasteiger partial charge >= 0.3 is 0 Å². The molecule has 1 aromatic heterocycles. The Bertz CT molecular complexity index is 888. The Balaban J connectivity index is 1.74. The Labute approximate surface area is 167 Å². The molecule has 0 amide bonds. The highest BCUT2D eigenvalue weighted by Crippen LogP contribution is 2.22. The first-order valence-electron chi connectivity index (χ1n) is 9.75. The number of hydrogen-bond acceptors (Lipinski definition) is 4. The summed E-state index contributed by atoms with van der Waals surface area (Å²) in [5, 5.41) is 9.66. The van der Waals surface area contributed by atoms with Gasteiger partial charge in [0.1, 0.15) is 19.2 Å². The van der Waals surface area contributed by atoms with Crippen molar-refractivity contribution in [3.63, 3.8) is 0 Å². The van der Waals surface area contributed by atoms with Crippen molar-refractivity contribution in [2.75, 3.05) is 6.61 Å². The summed E-state index contributed by atoms with van der Waals surface area (Å²) in [6.07, 6.45) is 0. The van der Waals surface area contributed by atoms with Crippen LogP contribution in [0.25, 0.3) is 11.0 Å². The van der Waals surface area contributed by atoms with E-state index in [1.165, 1.54) is 0 Å². The molecule has 0 spiro atoms. The largest absolute Gasteiger partial charge is 0.392 e. The molecule has 2 aromatic carbocycles. The van der Waals surface area contributed by atoms with E-state index >= 15 is 0 Å². The summed E-state index contributed by atoms with van der Waals surface area (Å²) in [6, 6.07) is 17.1. The molecule has 0 bridgehead atoms. The van der Waals surface area contributed by atoms with Crippen LogP contribution in [0, 0.1) is 0 Å². The van der Waals surface area contributed by atoms with Crippen LogP contribution < -0.4 is 0 Å². The molecule has 0 unspecified atom stereocenters. The van der Waals surface area contributed by atoms with Gasteiger partial charge in [0, 0.05) is 20.2 Å². The second-order valence-corrected chi connectivity index (χ2v) is 13.8. The molecule has 3 rings (SSSR count). The summed E-state index contributed by atoms with van der Waals surface area (Å²) >= 11 is 0. The van der Waals surface area contributed by atoms with Crippen molar-refractivity contribution >= 4 is 19.1 Å². The molecule has 150 valence electrons. The minimum atomic E-state index is -1.13. The molecule has 0 aliphatic carbocycles. The minimum Gasteiger partial charge on any atom is -0.392 e. The van der Waals surface area contributed by atoms with Crippen LogP contribution in [-0.4, -0.2) is 29.3 Å². The van der Waals surface area contributed by atoms with Gasteiger partial charge in [-0.2, -0.15) is 0 Å². The zero-order valence-corrected chi connectivity index (χ0v) is 18.0. The Morgan fingerprint density at radius 1 is 0.964 bits per heavy atom. The molecule has 0 aliphatic heterocycles. The molecule has 0 fully saturated rings. The maximum Gasteiger partial charge on any atom is 0.137 e. The lowest BCUT2D eigenvalue weighted by Gasteiger charge is -2.16. The van der Waals surface area contributed by atoms with Gasteiger partial charge in [-0.25, -0.2) is 4.98 Å². The lowest BCUT2D eigenvalue weighted by molar-refractivity contribution is 0.0695. The van der Waals surface area contributed by atoms with E-state index in [4.69, 9.17) is 14.5 Å². The number of aromatic nitrogens is 2. The zero-order valence-electron chi connectivity index (χ0n) is 17.0. The molecule has 1 N–H and O–H groups in total. The van der Waals surface area contributed by atoms with Crippen LogP contribution in [0.4, 0.5) is 0 Å². The number of fused-ring (bicyclic) bond motifs is 1. The first-order valence-corrected chi connectivity index (χ1v) is 13.5. The smallest absolute Gasteiger partial charge is 0.137 e. The standard InChI is InChI=1S/C22H30N2O3Si/c1-28(2,3)13-12-26-17-24-20-11-7-10-19(14-25)22(20)23-21(24)16-27-15-18-8-5-4-6-9-18/h4-11,25H,12-17H2,1-3H3. The van der Waals surface area contributed by atoms with E-state index in [1.54, 1.807) is 0 Å². The Morgan fingerprint density at radius 2 is 1.75 bits per heavy atom. The van der Waals surface area contributed by atoms with Crippen molar-refractivity contribution in [3.05, 3.63) is 65.5 Å². The number of para-hydroxylation sites is 1. The highest BCUT2D eigenvalue weighted by Gasteiger charge is 2.15. The van der Waals surface area contributed by atoms with E-state index in [-0.39, 0.29) is 6.61 Å². The van der Waals surface area contributed by atoms with Crippen LogP contribution >= 0.6 is 0 Å². The quantitative estimate of drug-likeness (QED) is 0.402. The molecule has 0 saturated heterocycles. The van der Waals surface area contributed by atoms with Crippen LogP contribution in [-0.2, 0) is 36.0 Å². The van der Waals surface area contributed by atoms with Gasteiger partial charge < -0.3 is 19.1 Å². The fourth-order valence-electron chi connectivity index (χ4n) is 3.00. The minimum absolute atomic E-state index is 0.0326. The molecule has 28 heavy (non-hydrogen) atoms. The third-order valence-corrected chi connectivity index (χ3v) is 6.38. The molecule has 1 heterocycles. The number of nitrogens with zero attached hydrogens (tertiary/aromatic N) is 2. The van der Waals surface area contributed by atoms with Gasteiger partial charge in [-0.15, -0.1) is 0 Å². The van der Waals surface area contributed by atoms with Gasteiger partial charge in [-0.3, -0.25) is 0 Å². The number of benzene rings is 2. The van der Waals surface area contributed by atoms with E-state index in [9.17, 15) is 5.11 Å². The van der Waals surface area contributed by atoms with Gasteiger partial charge in [0.2, 0.25) is 0 Å². The average Bonchev–Trinajstić information content (AvgIpc) is 3.03. The maximum absolute atomic E-state index is 9.66. The van der Waals surface area contributed by atoms with E-state index < -0.39 is 8.07 Å². The number of hydrogen-bond donors (Lipinski definition) is 1. The summed E-state index contributed by atoms with van der Waals surface area (Å²) in [5.41, 5.74) is 3.74. The van der Waals surface area contributed by atoms with Crippen LogP contribution in [0.3, 0.4) is 0 Å². The molecule has 0 radical (unpaired) electrons. The zero-order chi connectivity index (χ0) is 20.0. The fraction of sp³-hybridized carbons (Fsp3) is 0.409. The van der Waals surface area contributed by atoms with Crippen molar-refractivity contribution in [1.82, 2.24) is 9.55 Å². The monoisotopic (exact) mass is 398 g/mol. The van der Waals surface area contributed by atoms with Crippen molar-refractivity contribution in [2.45, 2.75) is 52.2 Å². The normalized spacial score (nSPS) is 12.0. The summed E-state index contributed by atoms with van der Waals surface area (Å²) < 4.78 is 14.0. The molecule has 5 nitrogen and oxygen atoms in total. The van der Waals surface area contributed by atoms with E-state index in [2.05, 4.69) is 24.2 Å². The predicted octanol–water partition coefficient (Wildman–Crippen LogP) is 4.56. The second-order valence-electron chi connectivity index (χ2n) is 8.23. The van der Waals surface area contributed by atoms with Crippen LogP contribution in [0.15, 0.2) is 48.5 Å². The Kier molecular flexibility index (Phi) is 7.01. The lowest BCUT2D eigenvalue weighted by Crippen LogP contribution is -2.22. The summed E-state index contributed by atoms with van der Waals surface area (Å²) in [5.74, 6) is 0.819. The Morgan fingerprint density at radius 3 is 2.46 bits per heavy atom. The molecular formula is C22H30N2O3Si. The highest BCUT2D eigenvalue weighted by molar-refractivity contribution is 6.76. The van der Waals surface area contributed by atoms with Crippen molar-refractivity contribution < 1.29 is 14.6 Å². The van der Waals surface area contributed by atoms with E-state index in [1.807, 2.05) is 48.5 Å². The van der Waals surface area contributed by atoms with Crippen LogP contribution in [0.1, 0.15) is 17.0 Å². The lowest BCUT2D eigenvalue weighted by atomic mass is 10.2. The molecule has 3 aromatic rings. The highest BCUT2D eigenvalue weighted by atomic mass is 28.3. The van der Waals surface area contributed by atoms with E-state index in [0.717, 1.165) is 40.6 Å². The molecular weight excluding hydrogens is 368 g/mol. The molecule has 0 atom stereocenters. The van der Waals surface area contributed by atoms with E-state index in [0.29, 0.717) is 19.9 Å². The molecule has 6 heteroatoms. The molecule has 0 saturated carbocycles. The predicted molar refractivity (Wildman–Crippen MR) is 115 cm³/mol. The Hall–Kier alpha value is -1.99. The topological polar surface area (TPSA) is 56.5 Å². The summed E-state index contributed by atoms with van der Waals surface area (Å²) in [6.45, 7) is 9.13. The van der Waals surface area contributed by atoms with Gasteiger partial charge in [0.15, 0.2) is 0 Å². The number of ether oxygens (including phenoxy) is 2. The van der Waals surface area contributed by atoms with Crippen molar-refractivity contribution in [2.24, 2.45) is 0 Å². The number of imidazole rings is 1. The van der Waals surface area contributed by atoms with Crippen molar-refractivity contribution in [1.29, 1.82) is 0 Å². The van der Waals surface area contributed by atoms with Crippen LogP contribution in [0.5, 0.6) is 0 Å². The first-order chi connectivity index (χ1) is 13.5. The van der Waals surface area contributed by atoms with Gasteiger partial charge in [0.25, 0.3) is 0 Å². The second kappa shape index (κ2) is 9.47. The summed E-state index contributed by atoms with van der Waals surface area (Å²) in [4.78, 5) is 4.75. The van der Waals surface area contributed by atoms with Gasteiger partial charge in [-0.05, 0) is 17.7 Å². The maximum atomic E-state index is 9.66. The first kappa shape index (κ1) is 20.7. The van der Waals surface area contributed by atoms with Crippen LogP contribution in [0.2, 0.25) is 25.7 Å². The van der Waals surface area contributed by atoms with Crippen molar-refractivity contribution in [3.8, 4) is 0 Å². The van der Waals surface area contributed by atoms with Gasteiger partial charge in [-0.1, -0.05) is 62.1 Å². The van der Waals surface area contributed by atoms with Gasteiger partial charge in [0.05, 0.1) is 24.2 Å². The third-order valence-electron chi connectivity index (χ3n) is 4.67. The number of aliphatic hydroxyl groups excluding tert-OH is 1. The summed E-state index contributed by atoms with van der Waals surface area (Å²) in [7, 11) is -1.13.